The van der Waals surface area contributed by atoms with Gasteiger partial charge in [-0.25, -0.2) is 9.50 Å². The van der Waals surface area contributed by atoms with Crippen molar-refractivity contribution >= 4 is 11.3 Å². The molecule has 164 valence electrons. The molecule has 1 aromatic carbocycles. The summed E-state index contributed by atoms with van der Waals surface area (Å²) in [6.07, 6.45) is 7.73. The second kappa shape index (κ2) is 7.91. The number of hydrogen-bond acceptors (Lipinski definition) is 6. The average molecular weight is 430 g/mol. The number of anilines is 1. The topological polar surface area (TPSA) is 84.6 Å². The Morgan fingerprint density at radius 1 is 1.19 bits per heavy atom. The molecule has 7 nitrogen and oxygen atoms in total. The van der Waals surface area contributed by atoms with E-state index in [1.807, 2.05) is 18.3 Å². The van der Waals surface area contributed by atoms with Crippen molar-refractivity contribution in [2.45, 2.75) is 45.1 Å². The fourth-order valence-corrected chi connectivity index (χ4v) is 3.85. The summed E-state index contributed by atoms with van der Waals surface area (Å²) in [7, 11) is 0. The summed E-state index contributed by atoms with van der Waals surface area (Å²) in [5.41, 5.74) is 5.19. The van der Waals surface area contributed by atoms with Crippen LogP contribution in [-0.2, 0) is 0 Å². The zero-order chi connectivity index (χ0) is 22.3. The molecule has 1 aliphatic carbocycles. The number of aryl methyl sites for hydroxylation is 1. The van der Waals surface area contributed by atoms with E-state index in [1.165, 1.54) is 24.0 Å². The van der Waals surface area contributed by atoms with Gasteiger partial charge in [0.05, 0.1) is 29.4 Å². The lowest BCUT2D eigenvalue weighted by molar-refractivity contribution is 0.0945. The Morgan fingerprint density at radius 2 is 2.03 bits per heavy atom. The Bertz CT molecular complexity index is 1260. The number of nitrogens with zero attached hydrogens (tertiary/aromatic N) is 4. The van der Waals surface area contributed by atoms with E-state index >= 15 is 0 Å². The minimum absolute atomic E-state index is 0.358. The number of fused-ring (bicyclic) bond motifs is 1. The summed E-state index contributed by atoms with van der Waals surface area (Å²) >= 11 is 0. The number of aromatic nitrogens is 4. The monoisotopic (exact) mass is 429 g/mol. The van der Waals surface area contributed by atoms with Gasteiger partial charge in [-0.15, -0.1) is 5.10 Å². The Hall–Kier alpha value is -3.45. The minimum Gasteiger partial charge on any atom is -0.436 e. The third-order valence-corrected chi connectivity index (χ3v) is 5.60. The molecule has 7 heteroatoms. The number of imidazole rings is 1. The van der Waals surface area contributed by atoms with Gasteiger partial charge in [-0.2, -0.15) is 0 Å². The van der Waals surface area contributed by atoms with E-state index in [2.05, 4.69) is 40.4 Å². The molecule has 0 amide bonds. The van der Waals surface area contributed by atoms with Gasteiger partial charge in [0.15, 0.2) is 5.65 Å². The smallest absolute Gasteiger partial charge is 0.239 e. The molecule has 0 saturated heterocycles. The van der Waals surface area contributed by atoms with Crippen LogP contribution in [0.1, 0.15) is 43.7 Å². The van der Waals surface area contributed by atoms with Crippen molar-refractivity contribution in [1.29, 1.82) is 0 Å². The van der Waals surface area contributed by atoms with Crippen molar-refractivity contribution in [1.82, 2.24) is 19.6 Å². The highest BCUT2D eigenvalue weighted by Crippen LogP contribution is 2.42. The van der Waals surface area contributed by atoms with Crippen LogP contribution in [0.3, 0.4) is 0 Å². The second-order valence-electron chi connectivity index (χ2n) is 9.08. The molecule has 2 N–H and O–H groups in total. The highest BCUT2D eigenvalue weighted by Gasteiger charge is 2.25. The van der Waals surface area contributed by atoms with Crippen LogP contribution in [0.5, 0.6) is 11.6 Å². The number of nitrogens with one attached hydrogen (secondary N) is 1. The number of hydrogen-bond donors (Lipinski definition) is 2. The fourth-order valence-electron chi connectivity index (χ4n) is 3.85. The molecule has 32 heavy (non-hydrogen) atoms. The van der Waals surface area contributed by atoms with E-state index in [9.17, 15) is 5.11 Å². The molecule has 0 aliphatic heterocycles. The maximum absolute atomic E-state index is 10.2. The summed E-state index contributed by atoms with van der Waals surface area (Å²) in [5, 5.41) is 18.2. The quantitative estimate of drug-likeness (QED) is 0.432. The van der Waals surface area contributed by atoms with Crippen LogP contribution in [0.4, 0.5) is 5.69 Å². The van der Waals surface area contributed by atoms with Crippen LogP contribution in [-0.4, -0.2) is 36.8 Å². The second-order valence-corrected chi connectivity index (χ2v) is 9.08. The lowest BCUT2D eigenvalue weighted by Gasteiger charge is -2.19. The molecular weight excluding hydrogens is 402 g/mol. The summed E-state index contributed by atoms with van der Waals surface area (Å²) in [6.45, 7) is 6.04. The Morgan fingerprint density at radius 3 is 2.72 bits per heavy atom. The highest BCUT2D eigenvalue weighted by molar-refractivity contribution is 5.74. The number of benzene rings is 1. The molecule has 4 aromatic rings. The minimum atomic E-state index is -0.879. The van der Waals surface area contributed by atoms with E-state index in [4.69, 9.17) is 9.84 Å². The van der Waals surface area contributed by atoms with Crippen LogP contribution in [0.25, 0.3) is 16.9 Å². The van der Waals surface area contributed by atoms with Gasteiger partial charge in [-0.05, 0) is 68.9 Å². The molecule has 3 heterocycles. The first-order valence-corrected chi connectivity index (χ1v) is 10.9. The molecule has 3 aromatic heterocycles. The Kier molecular flexibility index (Phi) is 5.06. The van der Waals surface area contributed by atoms with Crippen LogP contribution in [0.2, 0.25) is 0 Å². The third-order valence-electron chi connectivity index (χ3n) is 5.60. The molecule has 1 aliphatic rings. The maximum atomic E-state index is 10.2. The van der Waals surface area contributed by atoms with Crippen molar-refractivity contribution in [2.24, 2.45) is 0 Å². The summed E-state index contributed by atoms with van der Waals surface area (Å²) in [6, 6.07) is 12.0. The van der Waals surface area contributed by atoms with Crippen LogP contribution in [0, 0.1) is 6.92 Å². The van der Waals surface area contributed by atoms with E-state index in [0.29, 0.717) is 29.7 Å². The van der Waals surface area contributed by atoms with Crippen LogP contribution >= 0.6 is 0 Å². The number of ether oxygens (including phenoxy) is 1. The van der Waals surface area contributed by atoms with Gasteiger partial charge in [0.25, 0.3) is 0 Å². The van der Waals surface area contributed by atoms with Crippen molar-refractivity contribution in [2.75, 3.05) is 11.9 Å². The first kappa shape index (κ1) is 20.5. The van der Waals surface area contributed by atoms with Crippen molar-refractivity contribution in [3.8, 4) is 22.9 Å². The summed E-state index contributed by atoms with van der Waals surface area (Å²) in [4.78, 5) is 8.74. The van der Waals surface area contributed by atoms with E-state index in [1.54, 1.807) is 36.8 Å². The molecule has 0 bridgehead atoms. The third kappa shape index (κ3) is 4.29. The first-order chi connectivity index (χ1) is 15.4. The first-order valence-electron chi connectivity index (χ1n) is 10.9. The molecule has 0 atom stereocenters. The zero-order valence-corrected chi connectivity index (χ0v) is 18.5. The van der Waals surface area contributed by atoms with Crippen LogP contribution < -0.4 is 10.1 Å². The van der Waals surface area contributed by atoms with E-state index in [-0.39, 0.29) is 0 Å². The standard InChI is InChI=1S/C25H27N5O2/c1-16-11-18(8-9-20(16)17-6-7-17)22-14-27-24-21(28-15-25(2,3)31)12-23(29-30(22)24)32-19-5-4-10-26-13-19/h4-5,8-14,17,28,31H,6-7,15H2,1-3H3. The summed E-state index contributed by atoms with van der Waals surface area (Å²) in [5.74, 6) is 1.72. The molecular formula is C25H27N5O2. The maximum Gasteiger partial charge on any atom is 0.239 e. The number of pyridine rings is 1. The lowest BCUT2D eigenvalue weighted by Crippen LogP contribution is -2.29. The molecule has 5 rings (SSSR count). The summed E-state index contributed by atoms with van der Waals surface area (Å²) < 4.78 is 7.77. The SMILES string of the molecule is Cc1cc(-c2cnc3c(NCC(C)(C)O)cc(Oc4cccnc4)nn23)ccc1C1CC1. The van der Waals surface area contributed by atoms with E-state index in [0.717, 1.165) is 16.9 Å². The molecule has 0 radical (unpaired) electrons. The van der Waals surface area contributed by atoms with E-state index < -0.39 is 5.60 Å². The zero-order valence-electron chi connectivity index (χ0n) is 18.5. The van der Waals surface area contributed by atoms with Gasteiger partial charge < -0.3 is 15.2 Å². The normalized spacial score (nSPS) is 14.0. The predicted molar refractivity (Wildman–Crippen MR) is 124 cm³/mol. The van der Waals surface area contributed by atoms with Gasteiger partial charge in [-0.1, -0.05) is 12.1 Å². The van der Waals surface area contributed by atoms with Gasteiger partial charge in [0, 0.05) is 24.4 Å². The molecule has 1 saturated carbocycles. The number of rotatable bonds is 7. The van der Waals surface area contributed by atoms with Crippen molar-refractivity contribution in [3.05, 3.63) is 66.1 Å². The Labute approximate surface area is 187 Å². The predicted octanol–water partition coefficient (Wildman–Crippen LogP) is 4.95. The lowest BCUT2D eigenvalue weighted by atomic mass is 10.0. The largest absolute Gasteiger partial charge is 0.436 e. The van der Waals surface area contributed by atoms with Crippen molar-refractivity contribution in [3.63, 3.8) is 0 Å². The van der Waals surface area contributed by atoms with Crippen LogP contribution in [0.15, 0.2) is 55.0 Å². The van der Waals surface area contributed by atoms with Gasteiger partial charge >= 0.3 is 0 Å². The fraction of sp³-hybridized carbons (Fsp3) is 0.320. The Balaban J connectivity index is 1.58. The van der Waals surface area contributed by atoms with Gasteiger partial charge in [0.2, 0.25) is 5.88 Å². The average Bonchev–Trinajstić information content (AvgIpc) is 3.51. The number of aliphatic hydroxyl groups is 1. The van der Waals surface area contributed by atoms with Gasteiger partial charge in [0.1, 0.15) is 5.75 Å². The molecule has 0 spiro atoms. The van der Waals surface area contributed by atoms with Crippen molar-refractivity contribution < 1.29 is 9.84 Å². The van der Waals surface area contributed by atoms with Gasteiger partial charge in [-0.3, -0.25) is 4.98 Å². The molecule has 1 fully saturated rings. The molecule has 0 unspecified atom stereocenters. The highest BCUT2D eigenvalue weighted by atomic mass is 16.5.